The first-order valence-electron chi connectivity index (χ1n) is 9.53. The molecule has 154 valence electrons. The van der Waals surface area contributed by atoms with Gasteiger partial charge in [0.2, 0.25) is 11.8 Å². The van der Waals surface area contributed by atoms with Crippen LogP contribution >= 0.6 is 0 Å². The van der Waals surface area contributed by atoms with Crippen LogP contribution in [-0.2, 0) is 15.5 Å². The second-order valence-corrected chi connectivity index (χ2v) is 7.33. The van der Waals surface area contributed by atoms with Crippen LogP contribution in [0.3, 0.4) is 0 Å². The highest BCUT2D eigenvalue weighted by atomic mass is 19.3. The van der Waals surface area contributed by atoms with Crippen LogP contribution in [0.2, 0.25) is 0 Å². The fourth-order valence-corrected chi connectivity index (χ4v) is 3.38. The summed E-state index contributed by atoms with van der Waals surface area (Å²) in [7, 11) is 0. The number of anilines is 1. The van der Waals surface area contributed by atoms with Gasteiger partial charge in [-0.3, -0.25) is 9.59 Å². The third kappa shape index (κ3) is 4.07. The second-order valence-electron chi connectivity index (χ2n) is 7.33. The molecule has 2 amide bonds. The summed E-state index contributed by atoms with van der Waals surface area (Å²) in [6.45, 7) is 1.13. The first kappa shape index (κ1) is 19.8. The maximum atomic E-state index is 13.8. The molecule has 1 atom stereocenters. The van der Waals surface area contributed by atoms with Crippen LogP contribution in [0.4, 0.5) is 14.6 Å². The predicted molar refractivity (Wildman–Crippen MR) is 108 cm³/mol. The van der Waals surface area contributed by atoms with E-state index in [1.165, 1.54) is 12.1 Å². The molecule has 0 bridgehead atoms. The molecule has 6 nitrogen and oxygen atoms in total. The number of nitrogens with one attached hydrogen (secondary N) is 2. The zero-order valence-corrected chi connectivity index (χ0v) is 16.2. The summed E-state index contributed by atoms with van der Waals surface area (Å²) >= 11 is 0. The van der Waals surface area contributed by atoms with Crippen LogP contribution in [0, 0.1) is 5.92 Å². The Bertz CT molecular complexity index is 1090. The minimum atomic E-state index is -2.98. The van der Waals surface area contributed by atoms with E-state index < -0.39 is 11.8 Å². The van der Waals surface area contributed by atoms with Gasteiger partial charge >= 0.3 is 0 Å². The fraction of sp³-hybridized carbons (Fsp3) is 0.227. The fourth-order valence-electron chi connectivity index (χ4n) is 3.38. The van der Waals surface area contributed by atoms with Crippen molar-refractivity contribution < 1.29 is 18.4 Å². The topological polar surface area (TPSA) is 76.0 Å². The summed E-state index contributed by atoms with van der Waals surface area (Å²) in [6, 6.07) is 16.9. The van der Waals surface area contributed by atoms with E-state index in [2.05, 4.69) is 15.7 Å². The van der Waals surface area contributed by atoms with Crippen LogP contribution in [0.15, 0.2) is 60.7 Å². The normalized spacial score (nSPS) is 16.4. The number of halogens is 2. The van der Waals surface area contributed by atoms with E-state index in [0.29, 0.717) is 11.3 Å². The molecule has 2 heterocycles. The lowest BCUT2D eigenvalue weighted by molar-refractivity contribution is -0.123. The van der Waals surface area contributed by atoms with Crippen molar-refractivity contribution >= 4 is 17.6 Å². The molecule has 1 aromatic heterocycles. The maximum Gasteiger partial charge on any atom is 0.270 e. The molecule has 1 saturated heterocycles. The average molecular weight is 410 g/mol. The molecule has 2 N–H and O–H groups in total. The summed E-state index contributed by atoms with van der Waals surface area (Å²) in [4.78, 5) is 23.9. The quantitative estimate of drug-likeness (QED) is 0.673. The van der Waals surface area contributed by atoms with E-state index in [9.17, 15) is 18.4 Å². The van der Waals surface area contributed by atoms with Crippen LogP contribution in [0.1, 0.15) is 18.9 Å². The highest BCUT2D eigenvalue weighted by molar-refractivity contribution is 5.97. The van der Waals surface area contributed by atoms with E-state index in [4.69, 9.17) is 0 Å². The Morgan fingerprint density at radius 2 is 1.93 bits per heavy atom. The lowest BCUT2D eigenvalue weighted by atomic mass is 10.0. The van der Waals surface area contributed by atoms with Crippen LogP contribution < -0.4 is 10.6 Å². The number of hydrogen-bond acceptors (Lipinski definition) is 3. The Kier molecular flexibility index (Phi) is 5.07. The molecule has 4 rings (SSSR count). The van der Waals surface area contributed by atoms with Crippen molar-refractivity contribution in [3.63, 3.8) is 0 Å². The molecule has 0 unspecified atom stereocenters. The van der Waals surface area contributed by atoms with E-state index >= 15 is 0 Å². The number of nitrogens with zero attached hydrogens (tertiary/aromatic N) is 2. The Hall–Kier alpha value is -3.55. The van der Waals surface area contributed by atoms with Gasteiger partial charge in [0, 0.05) is 37.1 Å². The van der Waals surface area contributed by atoms with Gasteiger partial charge in [-0.25, -0.2) is 13.5 Å². The lowest BCUT2D eigenvalue weighted by Gasteiger charge is -2.13. The van der Waals surface area contributed by atoms with Crippen LogP contribution in [-0.4, -0.2) is 28.1 Å². The Morgan fingerprint density at radius 1 is 1.17 bits per heavy atom. The summed E-state index contributed by atoms with van der Waals surface area (Å²) < 4.78 is 29.3. The predicted octanol–water partition coefficient (Wildman–Crippen LogP) is 3.73. The summed E-state index contributed by atoms with van der Waals surface area (Å²) in [5.41, 5.74) is 1.72. The first-order chi connectivity index (χ1) is 14.3. The lowest BCUT2D eigenvalue weighted by Crippen LogP contribution is -2.24. The molecule has 0 saturated carbocycles. The molecule has 0 aliphatic carbocycles. The minimum absolute atomic E-state index is 0.109. The van der Waals surface area contributed by atoms with E-state index in [1.807, 2.05) is 30.3 Å². The molecule has 0 radical (unpaired) electrons. The molecule has 3 aromatic rings. The van der Waals surface area contributed by atoms with Crippen molar-refractivity contribution in [2.75, 3.05) is 11.9 Å². The smallest absolute Gasteiger partial charge is 0.270 e. The van der Waals surface area contributed by atoms with E-state index in [-0.39, 0.29) is 36.2 Å². The number of hydrogen-bond donors (Lipinski definition) is 2. The van der Waals surface area contributed by atoms with E-state index in [0.717, 1.165) is 12.6 Å². The number of carbonyl (C=O) groups is 2. The van der Waals surface area contributed by atoms with Gasteiger partial charge in [-0.05, 0) is 18.2 Å². The highest BCUT2D eigenvalue weighted by Gasteiger charge is 2.29. The van der Waals surface area contributed by atoms with Gasteiger partial charge in [0.05, 0.1) is 17.3 Å². The van der Waals surface area contributed by atoms with Crippen molar-refractivity contribution in [2.45, 2.75) is 19.3 Å². The summed E-state index contributed by atoms with van der Waals surface area (Å²) in [5, 5.41) is 9.84. The number of alkyl halides is 2. The molecule has 1 fully saturated rings. The molecule has 1 aliphatic rings. The molecular formula is C22H20F2N4O2. The molecule has 1 aliphatic heterocycles. The Morgan fingerprint density at radius 3 is 2.60 bits per heavy atom. The van der Waals surface area contributed by atoms with Crippen molar-refractivity contribution in [1.82, 2.24) is 15.1 Å². The average Bonchev–Trinajstić information content (AvgIpc) is 3.35. The molecule has 2 aromatic carbocycles. The first-order valence-corrected chi connectivity index (χ1v) is 9.53. The number of para-hydroxylation sites is 1. The van der Waals surface area contributed by atoms with Gasteiger partial charge in [-0.15, -0.1) is 5.10 Å². The van der Waals surface area contributed by atoms with Gasteiger partial charge in [0.1, 0.15) is 0 Å². The summed E-state index contributed by atoms with van der Waals surface area (Å²) in [6.07, 6.45) is 0.131. The SMILES string of the molecule is CC(F)(F)c1cccc(-c2cc(NC(=O)[C@@H]3CNC(=O)C3)nn2-c2ccccc2)c1. The third-order valence-electron chi connectivity index (χ3n) is 4.97. The zero-order chi connectivity index (χ0) is 21.3. The molecule has 0 spiro atoms. The highest BCUT2D eigenvalue weighted by Crippen LogP contribution is 2.32. The van der Waals surface area contributed by atoms with Gasteiger partial charge in [-0.1, -0.05) is 36.4 Å². The Balaban J connectivity index is 1.72. The maximum absolute atomic E-state index is 13.8. The number of carbonyl (C=O) groups excluding carboxylic acids is 2. The minimum Gasteiger partial charge on any atom is -0.355 e. The largest absolute Gasteiger partial charge is 0.355 e. The number of aromatic nitrogens is 2. The van der Waals surface area contributed by atoms with Gasteiger partial charge < -0.3 is 10.6 Å². The number of benzene rings is 2. The van der Waals surface area contributed by atoms with E-state index in [1.54, 1.807) is 22.9 Å². The van der Waals surface area contributed by atoms with Gasteiger partial charge in [0.15, 0.2) is 5.82 Å². The third-order valence-corrected chi connectivity index (χ3v) is 4.97. The monoisotopic (exact) mass is 410 g/mol. The second kappa shape index (κ2) is 7.70. The number of rotatable bonds is 5. The van der Waals surface area contributed by atoms with Gasteiger partial charge in [0.25, 0.3) is 5.92 Å². The van der Waals surface area contributed by atoms with Crippen molar-refractivity contribution in [3.8, 4) is 16.9 Å². The van der Waals surface area contributed by atoms with Crippen molar-refractivity contribution in [2.24, 2.45) is 5.92 Å². The molecule has 30 heavy (non-hydrogen) atoms. The van der Waals surface area contributed by atoms with Crippen molar-refractivity contribution in [3.05, 3.63) is 66.2 Å². The van der Waals surface area contributed by atoms with Crippen molar-refractivity contribution in [1.29, 1.82) is 0 Å². The molecule has 8 heteroatoms. The van der Waals surface area contributed by atoms with Gasteiger partial charge in [-0.2, -0.15) is 0 Å². The zero-order valence-electron chi connectivity index (χ0n) is 16.2. The number of amides is 2. The standard InChI is InChI=1S/C22H20F2N4O2/c1-22(23,24)16-7-5-6-14(10-16)18-12-19(26-21(30)15-11-20(29)25-13-15)27-28(18)17-8-3-2-4-9-17/h2-10,12,15H,11,13H2,1H3,(H,25,29)(H,26,27,30)/t15-/m0/s1. The van der Waals surface area contributed by atoms with Crippen LogP contribution in [0.25, 0.3) is 16.9 Å². The molecular weight excluding hydrogens is 390 g/mol. The summed E-state index contributed by atoms with van der Waals surface area (Å²) in [5.74, 6) is -3.64. The Labute approximate surface area is 171 Å². The van der Waals surface area contributed by atoms with Crippen LogP contribution in [0.5, 0.6) is 0 Å².